The van der Waals surface area contributed by atoms with Gasteiger partial charge in [0.05, 0.1) is 36.3 Å². The highest BCUT2D eigenvalue weighted by Gasteiger charge is 2.74. The quantitative estimate of drug-likeness (QED) is 0.650. The molecule has 35 heavy (non-hydrogen) atoms. The van der Waals surface area contributed by atoms with E-state index in [0.29, 0.717) is 5.76 Å². The molecule has 8 atom stereocenters. The summed E-state index contributed by atoms with van der Waals surface area (Å²) in [4.78, 5) is 42.3. The van der Waals surface area contributed by atoms with Crippen molar-refractivity contribution in [1.82, 2.24) is 10.2 Å². The van der Waals surface area contributed by atoms with Gasteiger partial charge in [0.1, 0.15) is 17.1 Å². The van der Waals surface area contributed by atoms with Crippen molar-refractivity contribution < 1.29 is 23.5 Å². The van der Waals surface area contributed by atoms with E-state index in [4.69, 9.17) is 9.15 Å². The van der Waals surface area contributed by atoms with Crippen LogP contribution >= 0.6 is 0 Å². The summed E-state index contributed by atoms with van der Waals surface area (Å²) >= 11 is 0. The number of aryl methyl sites for hydroxylation is 1. The Morgan fingerprint density at radius 3 is 2.74 bits per heavy atom. The molecule has 2 amide bonds. The summed E-state index contributed by atoms with van der Waals surface area (Å²) in [6.45, 7) is 3.86. The van der Waals surface area contributed by atoms with Crippen LogP contribution in [-0.4, -0.2) is 46.3 Å². The van der Waals surface area contributed by atoms with E-state index in [-0.39, 0.29) is 36.0 Å². The smallest absolute Gasteiger partial charge is 0.230 e. The standard InChI is InChI=1S/C28H30N2O5/c1-16(10-11-18-7-4-3-5-8-18)29-26(32)23-22-12-13-28(35-22)24(23)27(33)30-19(21-9-6-14-34-21)15-20(31)17(2)25(28)30/h3-9,12-14,16-17,19,22-25H,10-11,15H2,1-2H3,(H,29,32)/t16?,17?,19?,22-,23?,24?,25?,28-/m0/s1. The van der Waals surface area contributed by atoms with Crippen LogP contribution in [0.25, 0.3) is 0 Å². The number of nitrogens with zero attached hydrogens (tertiary/aromatic N) is 1. The third-order valence-corrected chi connectivity index (χ3v) is 8.35. The van der Waals surface area contributed by atoms with Gasteiger partial charge in [-0.3, -0.25) is 14.4 Å². The second-order valence-electron chi connectivity index (χ2n) is 10.4. The molecule has 3 saturated heterocycles. The van der Waals surface area contributed by atoms with Crippen LogP contribution in [0.15, 0.2) is 65.3 Å². The minimum atomic E-state index is -0.961. The molecule has 7 heteroatoms. The van der Waals surface area contributed by atoms with Gasteiger partial charge in [-0.05, 0) is 37.5 Å². The third kappa shape index (κ3) is 3.32. The number of benzene rings is 1. The molecule has 7 nitrogen and oxygen atoms in total. The molecule has 0 aliphatic carbocycles. The molecule has 6 rings (SSSR count). The van der Waals surface area contributed by atoms with Crippen LogP contribution in [-0.2, 0) is 25.5 Å². The number of ketones is 1. The van der Waals surface area contributed by atoms with Gasteiger partial charge in [-0.15, -0.1) is 0 Å². The molecule has 5 heterocycles. The molecule has 1 N–H and O–H groups in total. The van der Waals surface area contributed by atoms with Crippen molar-refractivity contribution in [3.8, 4) is 0 Å². The molecule has 1 aromatic heterocycles. The molecule has 6 unspecified atom stereocenters. The molecule has 4 aliphatic rings. The molecule has 2 bridgehead atoms. The van der Waals surface area contributed by atoms with E-state index in [9.17, 15) is 14.4 Å². The van der Waals surface area contributed by atoms with Crippen LogP contribution in [0.4, 0.5) is 0 Å². The van der Waals surface area contributed by atoms with E-state index < -0.39 is 35.6 Å². The van der Waals surface area contributed by atoms with Crippen molar-refractivity contribution in [3.05, 3.63) is 72.2 Å². The summed E-state index contributed by atoms with van der Waals surface area (Å²) in [5, 5.41) is 3.14. The van der Waals surface area contributed by atoms with E-state index >= 15 is 0 Å². The Kier molecular flexibility index (Phi) is 5.22. The molecule has 4 aliphatic heterocycles. The highest BCUT2D eigenvalue weighted by Crippen LogP contribution is 2.59. The first-order valence-electron chi connectivity index (χ1n) is 12.5. The van der Waals surface area contributed by atoms with Gasteiger partial charge >= 0.3 is 0 Å². The summed E-state index contributed by atoms with van der Waals surface area (Å²) in [6, 6.07) is 12.8. The lowest BCUT2D eigenvalue weighted by Crippen LogP contribution is -2.55. The first kappa shape index (κ1) is 22.3. The number of amides is 2. The van der Waals surface area contributed by atoms with Crippen molar-refractivity contribution in [1.29, 1.82) is 0 Å². The van der Waals surface area contributed by atoms with Crippen molar-refractivity contribution in [2.75, 3.05) is 0 Å². The van der Waals surface area contributed by atoms with E-state index in [1.165, 1.54) is 5.56 Å². The summed E-state index contributed by atoms with van der Waals surface area (Å²) in [5.41, 5.74) is 0.265. The van der Waals surface area contributed by atoms with E-state index in [2.05, 4.69) is 17.4 Å². The third-order valence-electron chi connectivity index (χ3n) is 8.35. The summed E-state index contributed by atoms with van der Waals surface area (Å²) in [5.74, 6) is -1.25. The highest BCUT2D eigenvalue weighted by molar-refractivity contribution is 5.96. The lowest BCUT2D eigenvalue weighted by Gasteiger charge is -2.43. The fraction of sp³-hybridized carbons (Fsp3) is 0.464. The Bertz CT molecular complexity index is 1180. The summed E-state index contributed by atoms with van der Waals surface area (Å²) < 4.78 is 12.1. The van der Waals surface area contributed by atoms with Gasteiger partial charge < -0.3 is 19.4 Å². The number of nitrogens with one attached hydrogen (secondary N) is 1. The van der Waals surface area contributed by atoms with Crippen molar-refractivity contribution in [3.63, 3.8) is 0 Å². The number of ether oxygens (including phenoxy) is 1. The lowest BCUT2D eigenvalue weighted by atomic mass is 9.70. The van der Waals surface area contributed by atoms with Gasteiger partial charge in [0.15, 0.2) is 0 Å². The van der Waals surface area contributed by atoms with E-state index in [0.717, 1.165) is 12.8 Å². The Labute approximate surface area is 204 Å². The predicted octanol–water partition coefficient (Wildman–Crippen LogP) is 3.22. The maximum absolute atomic E-state index is 14.0. The molecule has 2 aromatic rings. The Morgan fingerprint density at radius 2 is 2.00 bits per heavy atom. The van der Waals surface area contributed by atoms with Crippen LogP contribution in [0.3, 0.4) is 0 Å². The van der Waals surface area contributed by atoms with Crippen molar-refractivity contribution in [2.45, 2.75) is 62.9 Å². The average molecular weight is 475 g/mol. The van der Waals surface area contributed by atoms with Crippen LogP contribution in [0.5, 0.6) is 0 Å². The molecule has 1 spiro atoms. The first-order valence-corrected chi connectivity index (χ1v) is 12.5. The maximum atomic E-state index is 14.0. The fourth-order valence-electron chi connectivity index (χ4n) is 6.70. The number of piperidine rings is 1. The largest absolute Gasteiger partial charge is 0.467 e. The number of hydrogen-bond acceptors (Lipinski definition) is 5. The predicted molar refractivity (Wildman–Crippen MR) is 127 cm³/mol. The van der Waals surface area contributed by atoms with Gasteiger partial charge in [-0.1, -0.05) is 49.4 Å². The minimum Gasteiger partial charge on any atom is -0.467 e. The van der Waals surface area contributed by atoms with Gasteiger partial charge in [0.25, 0.3) is 0 Å². The molecule has 182 valence electrons. The Morgan fingerprint density at radius 1 is 1.20 bits per heavy atom. The monoisotopic (exact) mass is 474 g/mol. The summed E-state index contributed by atoms with van der Waals surface area (Å²) in [6.07, 6.45) is 6.80. The van der Waals surface area contributed by atoms with Crippen LogP contribution < -0.4 is 5.32 Å². The van der Waals surface area contributed by atoms with Crippen LogP contribution in [0.1, 0.15) is 44.1 Å². The number of rotatable bonds is 6. The zero-order valence-corrected chi connectivity index (χ0v) is 19.9. The van der Waals surface area contributed by atoms with Gasteiger partial charge in [0.2, 0.25) is 11.8 Å². The zero-order chi connectivity index (χ0) is 24.3. The molecule has 3 fully saturated rings. The molecule has 0 radical (unpaired) electrons. The van der Waals surface area contributed by atoms with Gasteiger partial charge in [-0.25, -0.2) is 0 Å². The number of carbonyl (C=O) groups is 3. The van der Waals surface area contributed by atoms with Gasteiger partial charge in [0, 0.05) is 18.4 Å². The number of Topliss-reactive ketones (excluding diaryl/α,β-unsaturated/α-hetero) is 1. The Balaban J connectivity index is 1.25. The second kappa shape index (κ2) is 8.19. The van der Waals surface area contributed by atoms with Gasteiger partial charge in [-0.2, -0.15) is 0 Å². The zero-order valence-electron chi connectivity index (χ0n) is 19.9. The normalized spacial score (nSPS) is 35.8. The Hall–Kier alpha value is -3.19. The van der Waals surface area contributed by atoms with Crippen molar-refractivity contribution >= 4 is 17.6 Å². The number of carbonyl (C=O) groups excluding carboxylic acids is 3. The molecular weight excluding hydrogens is 444 g/mol. The number of furan rings is 1. The minimum absolute atomic E-state index is 0.0442. The molecule has 1 aromatic carbocycles. The maximum Gasteiger partial charge on any atom is 0.230 e. The summed E-state index contributed by atoms with van der Waals surface area (Å²) in [7, 11) is 0. The first-order chi connectivity index (χ1) is 16.9. The van der Waals surface area contributed by atoms with E-state index in [1.54, 1.807) is 23.3 Å². The van der Waals surface area contributed by atoms with Crippen LogP contribution in [0.2, 0.25) is 0 Å². The lowest BCUT2D eigenvalue weighted by molar-refractivity contribution is -0.148. The van der Waals surface area contributed by atoms with Crippen LogP contribution in [0, 0.1) is 17.8 Å². The number of fused-ring (bicyclic) bond motifs is 2. The van der Waals surface area contributed by atoms with Crippen molar-refractivity contribution in [2.24, 2.45) is 17.8 Å². The highest BCUT2D eigenvalue weighted by atomic mass is 16.5. The molecular formula is C28H30N2O5. The topological polar surface area (TPSA) is 88.9 Å². The van der Waals surface area contributed by atoms with E-state index in [1.807, 2.05) is 44.2 Å². The fourth-order valence-corrected chi connectivity index (χ4v) is 6.70. The SMILES string of the molecule is CC(CCc1ccccc1)NC(=O)C1C2C(=O)N3C(c4ccco4)CC(=O)C(C)C3[C@]23C=C[C@@H]1O3. The number of hydrogen-bond donors (Lipinski definition) is 1. The molecule has 0 saturated carbocycles. The average Bonchev–Trinajstić information content (AvgIpc) is 3.63. The second-order valence-corrected chi connectivity index (χ2v) is 10.4.